The van der Waals surface area contributed by atoms with Gasteiger partial charge in [0.1, 0.15) is 12.2 Å². The number of hydrogen-bond acceptors (Lipinski definition) is 3. The van der Waals surface area contributed by atoms with Crippen molar-refractivity contribution in [3.05, 3.63) is 23.3 Å². The third-order valence-electron chi connectivity index (χ3n) is 3.15. The Labute approximate surface area is 102 Å². The zero-order chi connectivity index (χ0) is 10.4. The van der Waals surface area contributed by atoms with E-state index < -0.39 is 0 Å². The first-order chi connectivity index (χ1) is 7.25. The van der Waals surface area contributed by atoms with Crippen LogP contribution in [0.1, 0.15) is 11.1 Å². The molecule has 2 unspecified atom stereocenters. The lowest BCUT2D eigenvalue weighted by atomic mass is 10.1. The van der Waals surface area contributed by atoms with Gasteiger partial charge in [0, 0.05) is 13.1 Å². The molecule has 2 heterocycles. The van der Waals surface area contributed by atoms with Gasteiger partial charge in [0.05, 0.1) is 0 Å². The summed E-state index contributed by atoms with van der Waals surface area (Å²) in [5.41, 5.74) is 2.31. The van der Waals surface area contributed by atoms with Gasteiger partial charge < -0.3 is 14.8 Å². The first-order valence-corrected chi connectivity index (χ1v) is 5.40. The highest BCUT2D eigenvalue weighted by Crippen LogP contribution is 2.40. The van der Waals surface area contributed by atoms with Crippen LogP contribution in [0.2, 0.25) is 0 Å². The Morgan fingerprint density at radius 2 is 1.44 bits per heavy atom. The molecule has 1 aromatic carbocycles. The van der Waals surface area contributed by atoms with Crippen LogP contribution in [-0.4, -0.2) is 25.3 Å². The molecule has 88 valence electrons. The van der Waals surface area contributed by atoms with Crippen LogP contribution in [-0.2, 0) is 0 Å². The fourth-order valence-corrected chi connectivity index (χ4v) is 2.22. The molecule has 0 aromatic heterocycles. The Balaban J connectivity index is 0.000000963. The summed E-state index contributed by atoms with van der Waals surface area (Å²) in [5.74, 6) is 1.86. The van der Waals surface area contributed by atoms with Crippen LogP contribution in [0.5, 0.6) is 11.5 Å². The quantitative estimate of drug-likeness (QED) is 0.752. The van der Waals surface area contributed by atoms with E-state index in [9.17, 15) is 0 Å². The van der Waals surface area contributed by atoms with Crippen molar-refractivity contribution < 1.29 is 9.47 Å². The van der Waals surface area contributed by atoms with Crippen molar-refractivity contribution in [2.75, 3.05) is 13.1 Å². The molecule has 1 aromatic rings. The molecule has 2 aliphatic heterocycles. The normalized spacial score (nSPS) is 25.9. The average molecular weight is 242 g/mol. The Morgan fingerprint density at radius 3 is 1.88 bits per heavy atom. The molecule has 0 saturated carbocycles. The molecule has 0 amide bonds. The number of ether oxygens (including phenoxy) is 2. The van der Waals surface area contributed by atoms with Crippen LogP contribution in [0.4, 0.5) is 0 Å². The van der Waals surface area contributed by atoms with Crippen molar-refractivity contribution in [1.29, 1.82) is 0 Å². The van der Waals surface area contributed by atoms with Crippen LogP contribution in [0.25, 0.3) is 0 Å². The predicted octanol–water partition coefficient (Wildman–Crippen LogP) is 1.84. The van der Waals surface area contributed by atoms with Crippen LogP contribution in [0.3, 0.4) is 0 Å². The maximum atomic E-state index is 5.98. The van der Waals surface area contributed by atoms with E-state index in [2.05, 4.69) is 31.3 Å². The summed E-state index contributed by atoms with van der Waals surface area (Å²) in [6.45, 7) is 5.89. The Kier molecular flexibility index (Phi) is 3.00. The van der Waals surface area contributed by atoms with Gasteiger partial charge in [-0.05, 0) is 25.0 Å². The van der Waals surface area contributed by atoms with Crippen LogP contribution in [0.15, 0.2) is 12.1 Å². The molecule has 0 radical (unpaired) electrons. The number of halogens is 1. The van der Waals surface area contributed by atoms with Gasteiger partial charge in [-0.1, -0.05) is 12.1 Å². The lowest BCUT2D eigenvalue weighted by Crippen LogP contribution is -2.38. The van der Waals surface area contributed by atoms with Crippen LogP contribution >= 0.6 is 12.4 Å². The maximum absolute atomic E-state index is 5.98. The zero-order valence-corrected chi connectivity index (χ0v) is 10.3. The SMILES string of the molecule is Cc1ccc(C)c2c1OC1CNCC1O2.Cl. The monoisotopic (exact) mass is 241 g/mol. The number of hydrogen-bond donors (Lipinski definition) is 1. The number of rotatable bonds is 0. The minimum absolute atomic E-state index is 0. The van der Waals surface area contributed by atoms with E-state index in [0.29, 0.717) is 0 Å². The van der Waals surface area contributed by atoms with Crippen LogP contribution in [0, 0.1) is 13.8 Å². The zero-order valence-electron chi connectivity index (χ0n) is 9.45. The largest absolute Gasteiger partial charge is 0.481 e. The Hall–Kier alpha value is -0.930. The fraction of sp³-hybridized carbons (Fsp3) is 0.500. The standard InChI is InChI=1S/C12H15NO2.ClH/c1-7-3-4-8(2)12-11(7)14-9-5-13-6-10(9)15-12;/h3-4,9-10,13H,5-6H2,1-2H3;1H. The van der Waals surface area contributed by atoms with E-state index in [1.165, 1.54) is 0 Å². The fourth-order valence-electron chi connectivity index (χ4n) is 2.22. The number of aryl methyl sites for hydroxylation is 2. The van der Waals surface area contributed by atoms with Crippen LogP contribution < -0.4 is 14.8 Å². The molecule has 1 saturated heterocycles. The molecule has 3 nitrogen and oxygen atoms in total. The molecule has 4 heteroatoms. The van der Waals surface area contributed by atoms with E-state index in [1.807, 2.05) is 0 Å². The molecule has 0 bridgehead atoms. The highest BCUT2D eigenvalue weighted by atomic mass is 35.5. The minimum Gasteiger partial charge on any atom is -0.481 e. The summed E-state index contributed by atoms with van der Waals surface area (Å²) in [6, 6.07) is 4.17. The van der Waals surface area contributed by atoms with E-state index in [0.717, 1.165) is 35.7 Å². The van der Waals surface area contributed by atoms with Crippen molar-refractivity contribution >= 4 is 12.4 Å². The van der Waals surface area contributed by atoms with Crippen molar-refractivity contribution in [2.24, 2.45) is 0 Å². The first kappa shape index (κ1) is 11.6. The maximum Gasteiger partial charge on any atom is 0.165 e. The number of nitrogens with one attached hydrogen (secondary N) is 1. The lowest BCUT2D eigenvalue weighted by molar-refractivity contribution is 0.0538. The molecule has 0 aliphatic carbocycles. The molecule has 3 rings (SSSR count). The Morgan fingerprint density at radius 1 is 1.00 bits per heavy atom. The summed E-state index contributed by atoms with van der Waals surface area (Å²) >= 11 is 0. The summed E-state index contributed by atoms with van der Waals surface area (Å²) in [6.07, 6.45) is 0.357. The molecule has 0 spiro atoms. The van der Waals surface area contributed by atoms with Crippen molar-refractivity contribution in [2.45, 2.75) is 26.1 Å². The van der Waals surface area contributed by atoms with Gasteiger partial charge in [-0.3, -0.25) is 0 Å². The number of benzene rings is 1. The topological polar surface area (TPSA) is 30.5 Å². The van der Waals surface area contributed by atoms with E-state index in [4.69, 9.17) is 9.47 Å². The smallest absolute Gasteiger partial charge is 0.165 e. The van der Waals surface area contributed by atoms with Crippen molar-refractivity contribution in [1.82, 2.24) is 5.32 Å². The van der Waals surface area contributed by atoms with E-state index in [-0.39, 0.29) is 24.6 Å². The predicted molar refractivity (Wildman–Crippen MR) is 64.9 cm³/mol. The second kappa shape index (κ2) is 4.15. The summed E-state index contributed by atoms with van der Waals surface area (Å²) in [7, 11) is 0. The number of fused-ring (bicyclic) bond motifs is 2. The first-order valence-electron chi connectivity index (χ1n) is 5.40. The molecular weight excluding hydrogens is 226 g/mol. The lowest BCUT2D eigenvalue weighted by Gasteiger charge is -2.30. The van der Waals surface area contributed by atoms with Gasteiger partial charge in [0.2, 0.25) is 0 Å². The third kappa shape index (κ3) is 1.64. The average Bonchev–Trinajstić information content (AvgIpc) is 2.69. The third-order valence-corrected chi connectivity index (χ3v) is 3.15. The molecule has 16 heavy (non-hydrogen) atoms. The molecule has 2 aliphatic rings. The van der Waals surface area contributed by atoms with E-state index >= 15 is 0 Å². The minimum atomic E-state index is 0. The second-order valence-corrected chi connectivity index (χ2v) is 4.33. The molecule has 1 fully saturated rings. The van der Waals surface area contributed by atoms with Gasteiger partial charge in [-0.15, -0.1) is 12.4 Å². The van der Waals surface area contributed by atoms with Gasteiger partial charge in [-0.25, -0.2) is 0 Å². The van der Waals surface area contributed by atoms with Gasteiger partial charge in [0.15, 0.2) is 11.5 Å². The van der Waals surface area contributed by atoms with E-state index in [1.54, 1.807) is 0 Å². The molecule has 2 atom stereocenters. The Bertz CT molecular complexity index is 371. The summed E-state index contributed by atoms with van der Waals surface area (Å²) in [5, 5.41) is 3.29. The van der Waals surface area contributed by atoms with Gasteiger partial charge in [-0.2, -0.15) is 0 Å². The summed E-state index contributed by atoms with van der Waals surface area (Å²) < 4.78 is 12.0. The highest BCUT2D eigenvalue weighted by Gasteiger charge is 2.36. The van der Waals surface area contributed by atoms with Gasteiger partial charge in [0.25, 0.3) is 0 Å². The molecule has 1 N–H and O–H groups in total. The van der Waals surface area contributed by atoms with Crippen molar-refractivity contribution in [3.63, 3.8) is 0 Å². The van der Waals surface area contributed by atoms with Crippen molar-refractivity contribution in [3.8, 4) is 11.5 Å². The van der Waals surface area contributed by atoms with Gasteiger partial charge >= 0.3 is 0 Å². The highest BCUT2D eigenvalue weighted by molar-refractivity contribution is 5.85. The second-order valence-electron chi connectivity index (χ2n) is 4.33. The molecular formula is C12H16ClNO2. The summed E-state index contributed by atoms with van der Waals surface area (Å²) in [4.78, 5) is 0.